The molecule has 2 rings (SSSR count). The Morgan fingerprint density at radius 1 is 1.30 bits per heavy atom. The molecule has 0 bridgehead atoms. The number of piperazine rings is 1. The smallest absolute Gasteiger partial charge is 0.246 e. The molecular weight excluding hydrogens is 337 g/mol. The largest absolute Gasteiger partial charge is 0.359 e. The molecule has 1 heterocycles. The van der Waals surface area contributed by atoms with Crippen LogP contribution >= 0.6 is 12.2 Å². The lowest BCUT2D eigenvalue weighted by Crippen LogP contribution is -2.53. The zero-order valence-corrected chi connectivity index (χ0v) is 14.6. The minimum atomic E-state index is -3.81. The van der Waals surface area contributed by atoms with E-state index in [-0.39, 0.29) is 18.0 Å². The predicted octanol–water partition coefficient (Wildman–Crippen LogP) is 1.58. The van der Waals surface area contributed by atoms with Crippen LogP contribution < -0.4 is 5.32 Å². The van der Waals surface area contributed by atoms with E-state index in [1.807, 2.05) is 11.8 Å². The maximum absolute atomic E-state index is 13.8. The molecule has 0 saturated carbocycles. The van der Waals surface area contributed by atoms with E-state index in [2.05, 4.69) is 11.9 Å². The number of hydrogen-bond acceptors (Lipinski definition) is 3. The molecule has 0 unspecified atom stereocenters. The van der Waals surface area contributed by atoms with E-state index in [0.29, 0.717) is 24.7 Å². The van der Waals surface area contributed by atoms with Gasteiger partial charge in [0.05, 0.1) is 0 Å². The summed E-state index contributed by atoms with van der Waals surface area (Å²) in [6.07, 6.45) is 0. The van der Waals surface area contributed by atoms with Gasteiger partial charge in [-0.25, -0.2) is 12.8 Å². The standard InChI is InChI=1S/C15H20FN3O2S2/c1-12(2)11-17-15(22)18-7-9-19(10-8-18)23(20,21)14-6-4-3-5-13(14)16/h3-6H,1,7-11H2,2H3,(H,17,22). The number of benzene rings is 1. The molecule has 1 aliphatic rings. The number of rotatable bonds is 4. The highest BCUT2D eigenvalue weighted by Gasteiger charge is 2.30. The lowest BCUT2D eigenvalue weighted by molar-refractivity contribution is 0.264. The summed E-state index contributed by atoms with van der Waals surface area (Å²) in [6, 6.07) is 5.43. The average Bonchev–Trinajstić information content (AvgIpc) is 2.53. The molecule has 1 saturated heterocycles. The molecule has 23 heavy (non-hydrogen) atoms. The summed E-state index contributed by atoms with van der Waals surface area (Å²) in [7, 11) is -3.81. The van der Waals surface area contributed by atoms with Gasteiger partial charge in [-0.3, -0.25) is 0 Å². The maximum Gasteiger partial charge on any atom is 0.246 e. The van der Waals surface area contributed by atoms with E-state index in [9.17, 15) is 12.8 Å². The van der Waals surface area contributed by atoms with E-state index in [1.54, 1.807) is 0 Å². The first-order valence-electron chi connectivity index (χ1n) is 7.24. The maximum atomic E-state index is 13.8. The molecule has 0 spiro atoms. The van der Waals surface area contributed by atoms with Gasteiger partial charge in [-0.2, -0.15) is 4.31 Å². The van der Waals surface area contributed by atoms with Crippen LogP contribution in [0.15, 0.2) is 41.3 Å². The zero-order valence-electron chi connectivity index (χ0n) is 13.0. The SMILES string of the molecule is C=C(C)CNC(=S)N1CCN(S(=O)(=O)c2ccccc2F)CC1. The van der Waals surface area contributed by atoms with Crippen LogP contribution in [0.5, 0.6) is 0 Å². The first kappa shape index (κ1) is 17.8. The van der Waals surface area contributed by atoms with Crippen molar-refractivity contribution in [2.24, 2.45) is 0 Å². The second kappa shape index (κ2) is 7.37. The molecule has 1 aliphatic heterocycles. The van der Waals surface area contributed by atoms with Crippen LogP contribution in [0.3, 0.4) is 0 Å². The van der Waals surface area contributed by atoms with Crippen LogP contribution in [0.4, 0.5) is 4.39 Å². The summed E-state index contributed by atoms with van der Waals surface area (Å²) in [4.78, 5) is 1.63. The molecule has 0 aliphatic carbocycles. The molecule has 1 aromatic carbocycles. The van der Waals surface area contributed by atoms with Gasteiger partial charge in [0.2, 0.25) is 10.0 Å². The summed E-state index contributed by atoms with van der Waals surface area (Å²) in [5, 5.41) is 3.66. The molecule has 1 aromatic rings. The fourth-order valence-corrected chi connectivity index (χ4v) is 4.00. The van der Waals surface area contributed by atoms with Gasteiger partial charge in [0.15, 0.2) is 5.11 Å². The van der Waals surface area contributed by atoms with E-state index in [4.69, 9.17) is 12.2 Å². The van der Waals surface area contributed by atoms with Crippen molar-refractivity contribution in [2.75, 3.05) is 32.7 Å². The topological polar surface area (TPSA) is 52.6 Å². The average molecular weight is 357 g/mol. The second-order valence-electron chi connectivity index (χ2n) is 5.44. The molecule has 5 nitrogen and oxygen atoms in total. The van der Waals surface area contributed by atoms with Gasteiger partial charge >= 0.3 is 0 Å². The predicted molar refractivity (Wildman–Crippen MR) is 92.1 cm³/mol. The van der Waals surface area contributed by atoms with Gasteiger partial charge in [0, 0.05) is 32.7 Å². The lowest BCUT2D eigenvalue weighted by atomic mass is 10.3. The fraction of sp³-hybridized carbons (Fsp3) is 0.400. The first-order valence-corrected chi connectivity index (χ1v) is 9.09. The third-order valence-electron chi connectivity index (χ3n) is 3.52. The van der Waals surface area contributed by atoms with Crippen molar-refractivity contribution in [3.63, 3.8) is 0 Å². The Kier molecular flexibility index (Phi) is 5.72. The third kappa shape index (κ3) is 4.27. The van der Waals surface area contributed by atoms with E-state index in [1.165, 1.54) is 22.5 Å². The molecule has 8 heteroatoms. The van der Waals surface area contributed by atoms with Gasteiger partial charge in [0.25, 0.3) is 0 Å². The van der Waals surface area contributed by atoms with Crippen molar-refractivity contribution >= 4 is 27.4 Å². The van der Waals surface area contributed by atoms with Crippen molar-refractivity contribution < 1.29 is 12.8 Å². The molecule has 0 radical (unpaired) electrons. The Hall–Kier alpha value is -1.51. The highest BCUT2D eigenvalue weighted by atomic mass is 32.2. The number of halogens is 1. The van der Waals surface area contributed by atoms with Gasteiger partial charge in [-0.1, -0.05) is 24.3 Å². The van der Waals surface area contributed by atoms with Crippen LogP contribution in [-0.4, -0.2) is 55.5 Å². The van der Waals surface area contributed by atoms with Crippen molar-refractivity contribution in [3.05, 3.63) is 42.2 Å². The molecule has 1 fully saturated rings. The van der Waals surface area contributed by atoms with Crippen molar-refractivity contribution in [2.45, 2.75) is 11.8 Å². The van der Waals surface area contributed by atoms with Crippen LogP contribution in [0.1, 0.15) is 6.92 Å². The highest BCUT2D eigenvalue weighted by molar-refractivity contribution is 7.89. The number of thiocarbonyl (C=S) groups is 1. The van der Waals surface area contributed by atoms with Crippen LogP contribution in [-0.2, 0) is 10.0 Å². The Balaban J connectivity index is 2.00. The summed E-state index contributed by atoms with van der Waals surface area (Å²) in [5.41, 5.74) is 0.966. The molecular formula is C15H20FN3O2S2. The molecule has 1 N–H and O–H groups in total. The lowest BCUT2D eigenvalue weighted by Gasteiger charge is -2.35. The number of nitrogens with zero attached hydrogens (tertiary/aromatic N) is 2. The summed E-state index contributed by atoms with van der Waals surface area (Å²) in [6.45, 7) is 7.76. The quantitative estimate of drug-likeness (QED) is 0.655. The van der Waals surface area contributed by atoms with Crippen LogP contribution in [0.2, 0.25) is 0 Å². The normalized spacial score (nSPS) is 16.2. The fourth-order valence-electron chi connectivity index (χ4n) is 2.26. The molecule has 0 amide bonds. The second-order valence-corrected chi connectivity index (χ2v) is 7.73. The Morgan fingerprint density at radius 2 is 1.91 bits per heavy atom. The highest BCUT2D eigenvalue weighted by Crippen LogP contribution is 2.20. The third-order valence-corrected chi connectivity index (χ3v) is 5.86. The van der Waals surface area contributed by atoms with Gasteiger partial charge < -0.3 is 10.2 Å². The van der Waals surface area contributed by atoms with Crippen LogP contribution in [0, 0.1) is 5.82 Å². The van der Waals surface area contributed by atoms with Crippen LogP contribution in [0.25, 0.3) is 0 Å². The van der Waals surface area contributed by atoms with E-state index < -0.39 is 15.8 Å². The van der Waals surface area contributed by atoms with E-state index in [0.717, 1.165) is 11.6 Å². The van der Waals surface area contributed by atoms with Crippen molar-refractivity contribution in [1.82, 2.24) is 14.5 Å². The van der Waals surface area contributed by atoms with Crippen molar-refractivity contribution in [1.29, 1.82) is 0 Å². The van der Waals surface area contributed by atoms with E-state index >= 15 is 0 Å². The molecule has 0 atom stereocenters. The van der Waals surface area contributed by atoms with Gasteiger partial charge in [-0.15, -0.1) is 0 Å². The Morgan fingerprint density at radius 3 is 2.48 bits per heavy atom. The van der Waals surface area contributed by atoms with Gasteiger partial charge in [0.1, 0.15) is 10.7 Å². The first-order chi connectivity index (χ1) is 10.8. The summed E-state index contributed by atoms with van der Waals surface area (Å²) < 4.78 is 40.1. The van der Waals surface area contributed by atoms with Gasteiger partial charge in [-0.05, 0) is 31.3 Å². The summed E-state index contributed by atoms with van der Waals surface area (Å²) in [5.74, 6) is -0.728. The Bertz CT molecular complexity index is 698. The Labute approximate surface area is 141 Å². The molecule has 0 aromatic heterocycles. The minimum Gasteiger partial charge on any atom is -0.359 e. The number of sulfonamides is 1. The molecule has 126 valence electrons. The minimum absolute atomic E-state index is 0.269. The number of hydrogen-bond donors (Lipinski definition) is 1. The zero-order chi connectivity index (χ0) is 17.0. The summed E-state index contributed by atoms with van der Waals surface area (Å²) >= 11 is 5.28. The number of nitrogens with one attached hydrogen (secondary N) is 1. The van der Waals surface area contributed by atoms with Crippen molar-refractivity contribution in [3.8, 4) is 0 Å². The monoisotopic (exact) mass is 357 g/mol.